The molecule has 2 unspecified atom stereocenters. The van der Waals surface area contributed by atoms with E-state index in [1.165, 1.54) is 0 Å². The molecule has 1 fully saturated rings. The highest BCUT2D eigenvalue weighted by atomic mass is 16.5. The quantitative estimate of drug-likeness (QED) is 0.749. The van der Waals surface area contributed by atoms with Crippen LogP contribution in [-0.2, 0) is 4.74 Å². The van der Waals surface area contributed by atoms with Crippen LogP contribution in [0.3, 0.4) is 0 Å². The largest absolute Gasteiger partial charge is 0.392 e. The third kappa shape index (κ3) is 6.69. The summed E-state index contributed by atoms with van der Waals surface area (Å²) in [5, 5.41) is 13.2. The molecule has 0 aromatic carbocycles. The lowest BCUT2D eigenvalue weighted by Gasteiger charge is -2.32. The molecular formula is C14H30N2O2. The topological polar surface area (TPSA) is 44.7 Å². The maximum atomic E-state index is 9.90. The second kappa shape index (κ2) is 7.43. The second-order valence-electron chi connectivity index (χ2n) is 6.46. The molecule has 0 spiro atoms. The molecule has 0 radical (unpaired) electrons. The first kappa shape index (κ1) is 15.9. The molecule has 0 aromatic rings. The van der Waals surface area contributed by atoms with E-state index in [1.807, 2.05) is 0 Å². The minimum Gasteiger partial charge on any atom is -0.392 e. The number of aliphatic hydroxyl groups is 1. The van der Waals surface area contributed by atoms with Crippen molar-refractivity contribution in [1.29, 1.82) is 0 Å². The standard InChI is InChI=1S/C14H30N2O2/c1-5-16-6-7-18-13(11-16)10-15-9-12(17)8-14(2,3)4/h12-13,15,17H,5-11H2,1-4H3. The molecule has 0 amide bonds. The Bertz CT molecular complexity index is 228. The predicted octanol–water partition coefficient (Wildman–Crippen LogP) is 1.09. The van der Waals surface area contributed by atoms with Gasteiger partial charge in [-0.25, -0.2) is 0 Å². The monoisotopic (exact) mass is 258 g/mol. The van der Waals surface area contributed by atoms with E-state index in [-0.39, 0.29) is 17.6 Å². The molecular weight excluding hydrogens is 228 g/mol. The minimum atomic E-state index is -0.268. The van der Waals surface area contributed by atoms with E-state index >= 15 is 0 Å². The summed E-state index contributed by atoms with van der Waals surface area (Å²) in [6.07, 6.45) is 0.823. The van der Waals surface area contributed by atoms with E-state index < -0.39 is 0 Å². The lowest BCUT2D eigenvalue weighted by molar-refractivity contribution is -0.0265. The highest BCUT2D eigenvalue weighted by Gasteiger charge is 2.20. The Balaban J connectivity index is 2.13. The molecule has 2 N–H and O–H groups in total. The maximum Gasteiger partial charge on any atom is 0.0826 e. The van der Waals surface area contributed by atoms with Gasteiger partial charge in [-0.2, -0.15) is 0 Å². The molecule has 4 heteroatoms. The Kier molecular flexibility index (Phi) is 6.57. The summed E-state index contributed by atoms with van der Waals surface area (Å²) < 4.78 is 5.71. The Labute approximate surface area is 112 Å². The third-order valence-corrected chi connectivity index (χ3v) is 3.27. The summed E-state index contributed by atoms with van der Waals surface area (Å²) in [6.45, 7) is 14.1. The molecule has 2 atom stereocenters. The van der Waals surface area contributed by atoms with Crippen LogP contribution in [0.5, 0.6) is 0 Å². The van der Waals surface area contributed by atoms with Gasteiger partial charge in [0.15, 0.2) is 0 Å². The molecule has 1 aliphatic rings. The van der Waals surface area contributed by atoms with Gasteiger partial charge in [0.1, 0.15) is 0 Å². The average molecular weight is 258 g/mol. The van der Waals surface area contributed by atoms with E-state index in [0.29, 0.717) is 6.54 Å². The number of nitrogens with zero attached hydrogens (tertiary/aromatic N) is 1. The van der Waals surface area contributed by atoms with E-state index in [1.54, 1.807) is 0 Å². The van der Waals surface area contributed by atoms with Crippen LogP contribution in [0.15, 0.2) is 0 Å². The zero-order valence-corrected chi connectivity index (χ0v) is 12.4. The molecule has 0 bridgehead atoms. The minimum absolute atomic E-state index is 0.182. The summed E-state index contributed by atoms with van der Waals surface area (Å²) in [6, 6.07) is 0. The van der Waals surface area contributed by atoms with Gasteiger partial charge in [-0.3, -0.25) is 4.90 Å². The predicted molar refractivity (Wildman–Crippen MR) is 74.8 cm³/mol. The number of morpholine rings is 1. The van der Waals surface area contributed by atoms with Gasteiger partial charge in [-0.1, -0.05) is 27.7 Å². The Morgan fingerprint density at radius 2 is 2.17 bits per heavy atom. The van der Waals surface area contributed by atoms with Crippen molar-refractivity contribution in [2.45, 2.75) is 46.3 Å². The summed E-state index contributed by atoms with van der Waals surface area (Å²) in [4.78, 5) is 2.40. The summed E-state index contributed by atoms with van der Waals surface area (Å²) in [5.41, 5.74) is 0.182. The smallest absolute Gasteiger partial charge is 0.0826 e. The van der Waals surface area contributed by atoms with Crippen LogP contribution in [0.2, 0.25) is 0 Å². The van der Waals surface area contributed by atoms with E-state index in [0.717, 1.165) is 39.2 Å². The lowest BCUT2D eigenvalue weighted by Crippen LogP contribution is -2.47. The molecule has 18 heavy (non-hydrogen) atoms. The summed E-state index contributed by atoms with van der Waals surface area (Å²) in [7, 11) is 0. The van der Waals surface area contributed by atoms with Crippen LogP contribution in [0.25, 0.3) is 0 Å². The average Bonchev–Trinajstić information content (AvgIpc) is 2.27. The van der Waals surface area contributed by atoms with Crippen molar-refractivity contribution in [2.24, 2.45) is 5.41 Å². The normalized spacial score (nSPS) is 24.2. The maximum absolute atomic E-state index is 9.90. The molecule has 4 nitrogen and oxygen atoms in total. The number of hydrogen-bond acceptors (Lipinski definition) is 4. The molecule has 0 saturated carbocycles. The van der Waals surface area contributed by atoms with Crippen molar-refractivity contribution in [2.75, 3.05) is 39.3 Å². The van der Waals surface area contributed by atoms with Crippen LogP contribution in [0.1, 0.15) is 34.1 Å². The highest BCUT2D eigenvalue weighted by Crippen LogP contribution is 2.20. The fourth-order valence-corrected chi connectivity index (χ4v) is 2.38. The van der Waals surface area contributed by atoms with Crippen molar-refractivity contribution in [3.05, 3.63) is 0 Å². The van der Waals surface area contributed by atoms with Crippen molar-refractivity contribution < 1.29 is 9.84 Å². The zero-order valence-electron chi connectivity index (χ0n) is 12.4. The van der Waals surface area contributed by atoms with Crippen LogP contribution >= 0.6 is 0 Å². The number of aliphatic hydroxyl groups excluding tert-OH is 1. The first-order valence-corrected chi connectivity index (χ1v) is 7.13. The van der Waals surface area contributed by atoms with Crippen molar-refractivity contribution in [1.82, 2.24) is 10.2 Å². The van der Waals surface area contributed by atoms with Crippen LogP contribution in [0, 0.1) is 5.41 Å². The Morgan fingerprint density at radius 3 is 2.78 bits per heavy atom. The first-order chi connectivity index (χ1) is 8.40. The van der Waals surface area contributed by atoms with Gasteiger partial charge in [-0.05, 0) is 18.4 Å². The third-order valence-electron chi connectivity index (χ3n) is 3.27. The Morgan fingerprint density at radius 1 is 1.44 bits per heavy atom. The molecule has 1 rings (SSSR count). The molecule has 1 heterocycles. The van der Waals surface area contributed by atoms with Crippen LogP contribution in [-0.4, -0.2) is 61.5 Å². The van der Waals surface area contributed by atoms with Crippen molar-refractivity contribution >= 4 is 0 Å². The molecule has 0 aromatic heterocycles. The van der Waals surface area contributed by atoms with Crippen LogP contribution in [0.4, 0.5) is 0 Å². The first-order valence-electron chi connectivity index (χ1n) is 7.13. The van der Waals surface area contributed by atoms with Crippen LogP contribution < -0.4 is 5.32 Å². The summed E-state index contributed by atoms with van der Waals surface area (Å²) in [5.74, 6) is 0. The fraction of sp³-hybridized carbons (Fsp3) is 1.00. The van der Waals surface area contributed by atoms with Gasteiger partial charge >= 0.3 is 0 Å². The Hall–Kier alpha value is -0.160. The van der Waals surface area contributed by atoms with Gasteiger partial charge in [0.25, 0.3) is 0 Å². The van der Waals surface area contributed by atoms with Gasteiger partial charge in [0.2, 0.25) is 0 Å². The van der Waals surface area contributed by atoms with E-state index in [4.69, 9.17) is 4.74 Å². The SMILES string of the molecule is CCN1CCOC(CNCC(O)CC(C)(C)C)C1. The van der Waals surface area contributed by atoms with Crippen molar-refractivity contribution in [3.8, 4) is 0 Å². The fourth-order valence-electron chi connectivity index (χ4n) is 2.38. The van der Waals surface area contributed by atoms with Gasteiger partial charge in [0, 0.05) is 26.2 Å². The van der Waals surface area contributed by atoms with Crippen molar-refractivity contribution in [3.63, 3.8) is 0 Å². The second-order valence-corrected chi connectivity index (χ2v) is 6.46. The lowest BCUT2D eigenvalue weighted by atomic mass is 9.89. The summed E-state index contributed by atoms with van der Waals surface area (Å²) >= 11 is 0. The molecule has 1 aliphatic heterocycles. The number of nitrogens with one attached hydrogen (secondary N) is 1. The zero-order chi connectivity index (χ0) is 13.6. The van der Waals surface area contributed by atoms with Gasteiger partial charge < -0.3 is 15.2 Å². The number of likely N-dealkylation sites (N-methyl/N-ethyl adjacent to an activating group) is 1. The number of rotatable bonds is 6. The van der Waals surface area contributed by atoms with E-state index in [2.05, 4.69) is 37.9 Å². The number of ether oxygens (including phenoxy) is 1. The molecule has 108 valence electrons. The number of hydrogen-bond donors (Lipinski definition) is 2. The van der Waals surface area contributed by atoms with Gasteiger partial charge in [0.05, 0.1) is 18.8 Å². The molecule has 1 saturated heterocycles. The molecule has 0 aliphatic carbocycles. The van der Waals surface area contributed by atoms with E-state index in [9.17, 15) is 5.11 Å². The highest BCUT2D eigenvalue weighted by molar-refractivity contribution is 4.75. The van der Waals surface area contributed by atoms with Gasteiger partial charge in [-0.15, -0.1) is 0 Å².